The average molecular weight is 486 g/mol. The molecule has 2 N–H and O–H groups in total. The molecule has 29 heavy (non-hydrogen) atoms. The van der Waals surface area contributed by atoms with Crippen LogP contribution >= 0.6 is 58.6 Å². The van der Waals surface area contributed by atoms with Crippen molar-refractivity contribution in [2.24, 2.45) is 0 Å². The standard InChI is InChI=1S/C20H12Cl4N2O2S/c21-12-1-4-16(24)17(10-12)25-20(29)26-19(27)6-3-15-2-5-18(28-15)11-7-13(22)9-14(23)8-11/h1-10H,(H2,25,26,27,29)/b6-3+. The predicted octanol–water partition coefficient (Wildman–Crippen LogP) is 7.09. The van der Waals surface area contributed by atoms with Crippen molar-refractivity contribution in [3.63, 3.8) is 0 Å². The second kappa shape index (κ2) is 9.65. The molecule has 0 saturated heterocycles. The summed E-state index contributed by atoms with van der Waals surface area (Å²) in [5.74, 6) is 0.606. The Hall–Kier alpha value is -2.02. The normalized spacial score (nSPS) is 10.9. The molecule has 0 unspecified atom stereocenters. The van der Waals surface area contributed by atoms with Crippen molar-refractivity contribution in [1.29, 1.82) is 0 Å². The number of thiocarbonyl (C=S) groups is 1. The van der Waals surface area contributed by atoms with Crippen molar-refractivity contribution in [2.75, 3.05) is 5.32 Å². The Morgan fingerprint density at radius 2 is 1.66 bits per heavy atom. The van der Waals surface area contributed by atoms with Gasteiger partial charge in [0.1, 0.15) is 11.5 Å². The molecule has 3 aromatic rings. The molecule has 0 aliphatic heterocycles. The molecule has 4 nitrogen and oxygen atoms in total. The molecule has 0 bridgehead atoms. The minimum Gasteiger partial charge on any atom is -0.457 e. The van der Waals surface area contributed by atoms with E-state index in [0.29, 0.717) is 37.3 Å². The van der Waals surface area contributed by atoms with E-state index in [4.69, 9.17) is 63.0 Å². The number of anilines is 1. The number of carbonyl (C=O) groups excluding carboxylic acids is 1. The summed E-state index contributed by atoms with van der Waals surface area (Å²) in [5.41, 5.74) is 1.22. The number of hydrogen-bond donors (Lipinski definition) is 2. The van der Waals surface area contributed by atoms with Gasteiger partial charge in [0.25, 0.3) is 0 Å². The minimum atomic E-state index is -0.440. The summed E-state index contributed by atoms with van der Waals surface area (Å²) < 4.78 is 5.69. The van der Waals surface area contributed by atoms with Crippen molar-refractivity contribution in [2.45, 2.75) is 0 Å². The Labute approximate surface area is 192 Å². The predicted molar refractivity (Wildman–Crippen MR) is 124 cm³/mol. The van der Waals surface area contributed by atoms with Crippen LogP contribution in [-0.4, -0.2) is 11.0 Å². The first kappa shape index (κ1) is 21.7. The number of nitrogens with one attached hydrogen (secondary N) is 2. The summed E-state index contributed by atoms with van der Waals surface area (Å²) in [6.45, 7) is 0. The van der Waals surface area contributed by atoms with E-state index in [0.717, 1.165) is 5.56 Å². The van der Waals surface area contributed by atoms with Gasteiger partial charge in [-0.1, -0.05) is 46.4 Å². The number of benzene rings is 2. The second-order valence-electron chi connectivity index (χ2n) is 5.76. The lowest BCUT2D eigenvalue weighted by molar-refractivity contribution is -0.115. The van der Waals surface area contributed by atoms with Crippen LogP contribution < -0.4 is 10.6 Å². The number of hydrogen-bond acceptors (Lipinski definition) is 3. The van der Waals surface area contributed by atoms with Gasteiger partial charge in [-0.3, -0.25) is 10.1 Å². The van der Waals surface area contributed by atoms with Gasteiger partial charge < -0.3 is 9.73 Å². The molecule has 0 aliphatic carbocycles. The third kappa shape index (κ3) is 6.23. The maximum Gasteiger partial charge on any atom is 0.250 e. The van der Waals surface area contributed by atoms with E-state index in [1.165, 1.54) is 12.2 Å². The van der Waals surface area contributed by atoms with Crippen LogP contribution in [0.4, 0.5) is 5.69 Å². The zero-order valence-electron chi connectivity index (χ0n) is 14.5. The first-order valence-electron chi connectivity index (χ1n) is 8.11. The van der Waals surface area contributed by atoms with Gasteiger partial charge in [0.05, 0.1) is 10.7 Å². The molecule has 0 saturated carbocycles. The van der Waals surface area contributed by atoms with E-state index in [1.54, 1.807) is 48.5 Å². The zero-order valence-corrected chi connectivity index (χ0v) is 18.4. The van der Waals surface area contributed by atoms with Crippen LogP contribution in [0.3, 0.4) is 0 Å². The van der Waals surface area contributed by atoms with Gasteiger partial charge in [-0.15, -0.1) is 0 Å². The van der Waals surface area contributed by atoms with Gasteiger partial charge in [-0.05, 0) is 66.8 Å². The highest BCUT2D eigenvalue weighted by molar-refractivity contribution is 7.80. The van der Waals surface area contributed by atoms with Crippen molar-refractivity contribution >= 4 is 81.4 Å². The quantitative estimate of drug-likeness (QED) is 0.306. The Kier molecular flexibility index (Phi) is 7.22. The van der Waals surface area contributed by atoms with Crippen LogP contribution in [0.25, 0.3) is 17.4 Å². The molecule has 2 aromatic carbocycles. The highest BCUT2D eigenvalue weighted by Gasteiger charge is 2.08. The summed E-state index contributed by atoms with van der Waals surface area (Å²) in [6, 6.07) is 13.4. The van der Waals surface area contributed by atoms with Crippen molar-refractivity contribution in [1.82, 2.24) is 5.32 Å². The number of amides is 1. The van der Waals surface area contributed by atoms with Gasteiger partial charge in [0, 0.05) is 26.7 Å². The molecule has 0 spiro atoms. The Bertz CT molecular complexity index is 1090. The highest BCUT2D eigenvalue weighted by atomic mass is 35.5. The molecule has 0 fully saturated rings. The lowest BCUT2D eigenvalue weighted by Gasteiger charge is -2.09. The highest BCUT2D eigenvalue weighted by Crippen LogP contribution is 2.29. The number of rotatable bonds is 4. The molecular weight excluding hydrogens is 474 g/mol. The van der Waals surface area contributed by atoms with Crippen LogP contribution in [0.5, 0.6) is 0 Å². The van der Waals surface area contributed by atoms with Crippen LogP contribution in [0, 0.1) is 0 Å². The van der Waals surface area contributed by atoms with Crippen LogP contribution in [0.15, 0.2) is 59.0 Å². The molecule has 1 aromatic heterocycles. The molecule has 1 heterocycles. The fourth-order valence-electron chi connectivity index (χ4n) is 2.35. The smallest absolute Gasteiger partial charge is 0.250 e. The Morgan fingerprint density at radius 1 is 0.931 bits per heavy atom. The van der Waals surface area contributed by atoms with E-state index in [9.17, 15) is 4.79 Å². The molecule has 3 rings (SSSR count). The fraction of sp³-hybridized carbons (Fsp3) is 0. The van der Waals surface area contributed by atoms with Gasteiger partial charge in [0.15, 0.2) is 5.11 Å². The summed E-state index contributed by atoms with van der Waals surface area (Å²) in [7, 11) is 0. The molecular formula is C20H12Cl4N2O2S. The molecule has 0 radical (unpaired) electrons. The van der Waals surface area contributed by atoms with Crippen LogP contribution in [0.1, 0.15) is 5.76 Å². The third-order valence-corrected chi connectivity index (χ3v) is 4.79. The molecule has 0 aliphatic rings. The monoisotopic (exact) mass is 484 g/mol. The maximum atomic E-state index is 12.1. The topological polar surface area (TPSA) is 54.3 Å². The second-order valence-corrected chi connectivity index (χ2v) is 7.89. The fourth-order valence-corrected chi connectivity index (χ4v) is 3.43. The zero-order chi connectivity index (χ0) is 21.0. The Balaban J connectivity index is 1.61. The van der Waals surface area contributed by atoms with Crippen molar-refractivity contribution < 1.29 is 9.21 Å². The first-order chi connectivity index (χ1) is 13.8. The first-order valence-corrected chi connectivity index (χ1v) is 10.0. The maximum absolute atomic E-state index is 12.1. The SMILES string of the molecule is O=C(/C=C/c1ccc(-c2cc(Cl)cc(Cl)c2)o1)NC(=S)Nc1cc(Cl)ccc1Cl. The van der Waals surface area contributed by atoms with Crippen LogP contribution in [0.2, 0.25) is 20.1 Å². The lowest BCUT2D eigenvalue weighted by atomic mass is 10.2. The average Bonchev–Trinajstić information content (AvgIpc) is 3.11. The van der Waals surface area contributed by atoms with Gasteiger partial charge in [-0.25, -0.2) is 0 Å². The number of furan rings is 1. The minimum absolute atomic E-state index is 0.0810. The summed E-state index contributed by atoms with van der Waals surface area (Å²) in [6.07, 6.45) is 2.81. The molecule has 0 atom stereocenters. The van der Waals surface area contributed by atoms with Gasteiger partial charge in [0.2, 0.25) is 5.91 Å². The lowest BCUT2D eigenvalue weighted by Crippen LogP contribution is -2.32. The van der Waals surface area contributed by atoms with Crippen LogP contribution in [-0.2, 0) is 4.79 Å². The van der Waals surface area contributed by atoms with E-state index < -0.39 is 5.91 Å². The van der Waals surface area contributed by atoms with E-state index in [-0.39, 0.29) is 5.11 Å². The van der Waals surface area contributed by atoms with Gasteiger partial charge in [-0.2, -0.15) is 0 Å². The molecule has 9 heteroatoms. The number of halogens is 4. The van der Waals surface area contributed by atoms with E-state index in [2.05, 4.69) is 10.6 Å². The third-order valence-electron chi connectivity index (χ3n) is 3.59. The summed E-state index contributed by atoms with van der Waals surface area (Å²) in [4.78, 5) is 12.1. The Morgan fingerprint density at radius 3 is 2.38 bits per heavy atom. The van der Waals surface area contributed by atoms with E-state index in [1.807, 2.05) is 0 Å². The van der Waals surface area contributed by atoms with Crippen molar-refractivity contribution in [3.8, 4) is 11.3 Å². The summed E-state index contributed by atoms with van der Waals surface area (Å²) >= 11 is 29.1. The van der Waals surface area contributed by atoms with Gasteiger partial charge >= 0.3 is 0 Å². The largest absolute Gasteiger partial charge is 0.457 e. The number of carbonyl (C=O) groups is 1. The summed E-state index contributed by atoms with van der Waals surface area (Å²) in [5, 5.41) is 7.32. The van der Waals surface area contributed by atoms with Crippen molar-refractivity contribution in [3.05, 3.63) is 80.5 Å². The molecule has 148 valence electrons. The molecule has 1 amide bonds. The van der Waals surface area contributed by atoms with E-state index >= 15 is 0 Å².